The molecule has 1 saturated heterocycles. The molecule has 0 unspecified atom stereocenters. The number of hydrogen-bond acceptors (Lipinski definition) is 4. The van der Waals surface area contributed by atoms with Crippen LogP contribution >= 0.6 is 11.6 Å². The average molecular weight is 444 g/mol. The highest BCUT2D eigenvalue weighted by atomic mass is 35.5. The Balaban J connectivity index is 1.68. The minimum atomic E-state index is -0.724. The predicted octanol–water partition coefficient (Wildman–Crippen LogP) is 0.814. The molecule has 1 atom stereocenters. The molecule has 8 nitrogen and oxygen atoms in total. The lowest BCUT2D eigenvalue weighted by Crippen LogP contribution is -2.83. The number of hydrogen-bond donors (Lipinski definition) is 2. The lowest BCUT2D eigenvalue weighted by atomic mass is 10.00. The second kappa shape index (κ2) is 8.56. The lowest BCUT2D eigenvalue weighted by Gasteiger charge is -2.39. The number of nitrogens with one attached hydrogen (secondary N) is 1. The summed E-state index contributed by atoms with van der Waals surface area (Å²) in [6, 6.07) is 9.84. The zero-order valence-electron chi connectivity index (χ0n) is 17.4. The minimum Gasteiger partial charge on any atom is -0.496 e. The summed E-state index contributed by atoms with van der Waals surface area (Å²) < 4.78 is 5.44. The van der Waals surface area contributed by atoms with E-state index in [1.165, 1.54) is 0 Å². The van der Waals surface area contributed by atoms with Gasteiger partial charge in [-0.2, -0.15) is 0 Å². The quantitative estimate of drug-likeness (QED) is 0.731. The number of amides is 3. The first kappa shape index (κ1) is 21.1. The first-order chi connectivity index (χ1) is 14.9. The van der Waals surface area contributed by atoms with Crippen molar-refractivity contribution in [3.05, 3.63) is 47.0 Å². The van der Waals surface area contributed by atoms with E-state index in [4.69, 9.17) is 16.3 Å². The van der Waals surface area contributed by atoms with Crippen LogP contribution in [0.5, 0.6) is 5.75 Å². The number of rotatable bonds is 4. The number of nitrogens with zero attached hydrogens (tertiary/aromatic N) is 2. The Kier molecular flexibility index (Phi) is 5.84. The molecule has 4 rings (SSSR count). The van der Waals surface area contributed by atoms with Crippen molar-refractivity contribution in [3.63, 3.8) is 0 Å². The van der Waals surface area contributed by atoms with Crippen molar-refractivity contribution < 1.29 is 24.4 Å². The molecule has 2 aliphatic rings. The Morgan fingerprint density at radius 3 is 2.74 bits per heavy atom. The van der Waals surface area contributed by atoms with Crippen LogP contribution in [-0.2, 0) is 9.59 Å². The molecule has 2 aromatic carbocycles. The number of carbonyl (C=O) groups is 3. The van der Waals surface area contributed by atoms with E-state index in [1.54, 1.807) is 52.6 Å². The van der Waals surface area contributed by atoms with E-state index in [9.17, 15) is 14.4 Å². The first-order valence-electron chi connectivity index (χ1n) is 10.1. The van der Waals surface area contributed by atoms with Crippen molar-refractivity contribution in [2.45, 2.75) is 6.04 Å². The smallest absolute Gasteiger partial charge is 0.277 e. The maximum atomic E-state index is 13.4. The van der Waals surface area contributed by atoms with Gasteiger partial charge in [-0.15, -0.1) is 0 Å². The van der Waals surface area contributed by atoms with E-state index in [2.05, 4.69) is 5.32 Å². The fourth-order valence-corrected chi connectivity index (χ4v) is 4.23. The largest absolute Gasteiger partial charge is 0.496 e. The van der Waals surface area contributed by atoms with Crippen molar-refractivity contribution in [1.82, 2.24) is 9.80 Å². The van der Waals surface area contributed by atoms with Gasteiger partial charge in [0.05, 0.1) is 32.0 Å². The van der Waals surface area contributed by atoms with Gasteiger partial charge in [0.1, 0.15) is 11.8 Å². The van der Waals surface area contributed by atoms with E-state index < -0.39 is 6.04 Å². The maximum absolute atomic E-state index is 13.4. The van der Waals surface area contributed by atoms with Gasteiger partial charge < -0.3 is 25.2 Å². The van der Waals surface area contributed by atoms with Crippen LogP contribution in [0.3, 0.4) is 0 Å². The van der Waals surface area contributed by atoms with Gasteiger partial charge >= 0.3 is 0 Å². The molecule has 9 heteroatoms. The maximum Gasteiger partial charge on any atom is 0.277 e. The van der Waals surface area contributed by atoms with Crippen molar-refractivity contribution in [2.75, 3.05) is 45.7 Å². The molecule has 162 valence electrons. The molecule has 0 saturated carbocycles. The molecule has 2 aromatic rings. The minimum absolute atomic E-state index is 0.0421. The summed E-state index contributed by atoms with van der Waals surface area (Å²) in [6.45, 7) is 1.20. The van der Waals surface area contributed by atoms with E-state index in [0.717, 1.165) is 11.1 Å². The molecular weight excluding hydrogens is 420 g/mol. The van der Waals surface area contributed by atoms with Crippen LogP contribution in [0.2, 0.25) is 5.02 Å². The predicted molar refractivity (Wildman–Crippen MR) is 116 cm³/mol. The zero-order chi connectivity index (χ0) is 22.1. The van der Waals surface area contributed by atoms with Gasteiger partial charge in [0.2, 0.25) is 5.91 Å². The molecule has 3 amide bonds. The standard InChI is InChI=1S/C22H23ClN4O4/c1-24-11-20(28)26-7-8-27-18(12-26)21(29)25-17-5-3-13(9-16(17)22(27)30)15-10-14(23)4-6-19(15)31-2/h3-6,9-10,18,24H,7-8,11-12H2,1-2H3,(H,25,29)/p+1/t18-/m1/s1. The van der Waals surface area contributed by atoms with Gasteiger partial charge in [0, 0.05) is 23.7 Å². The summed E-state index contributed by atoms with van der Waals surface area (Å²) in [5.41, 5.74) is 2.36. The van der Waals surface area contributed by atoms with Crippen LogP contribution in [0.1, 0.15) is 10.4 Å². The highest BCUT2D eigenvalue weighted by molar-refractivity contribution is 6.31. The molecule has 3 N–H and O–H groups in total. The summed E-state index contributed by atoms with van der Waals surface area (Å²) >= 11 is 6.17. The number of anilines is 1. The zero-order valence-corrected chi connectivity index (χ0v) is 18.1. The Morgan fingerprint density at radius 1 is 1.19 bits per heavy atom. The number of benzene rings is 2. The molecular formula is C22H24ClN4O4+. The van der Waals surface area contributed by atoms with Crippen LogP contribution in [0.4, 0.5) is 5.69 Å². The first-order valence-corrected chi connectivity index (χ1v) is 10.5. The third-order valence-corrected chi connectivity index (χ3v) is 5.89. The van der Waals surface area contributed by atoms with Crippen LogP contribution in [0.15, 0.2) is 36.4 Å². The summed E-state index contributed by atoms with van der Waals surface area (Å²) in [5.74, 6) is 0.0557. The monoisotopic (exact) mass is 443 g/mol. The molecule has 31 heavy (non-hydrogen) atoms. The van der Waals surface area contributed by atoms with Crippen molar-refractivity contribution in [2.24, 2.45) is 0 Å². The van der Waals surface area contributed by atoms with E-state index >= 15 is 0 Å². The highest BCUT2D eigenvalue weighted by Gasteiger charge is 2.40. The number of ether oxygens (including phenoxy) is 1. The van der Waals surface area contributed by atoms with Crippen LogP contribution in [0.25, 0.3) is 11.1 Å². The number of piperazine rings is 1. The molecule has 0 aliphatic carbocycles. The second-order valence-corrected chi connectivity index (χ2v) is 8.00. The molecule has 2 heterocycles. The summed E-state index contributed by atoms with van der Waals surface area (Å²) in [6.07, 6.45) is 0. The Labute approximate surface area is 185 Å². The summed E-state index contributed by atoms with van der Waals surface area (Å²) in [7, 11) is 3.39. The fraction of sp³-hybridized carbons (Fsp3) is 0.318. The number of likely N-dealkylation sites (N-methyl/N-ethyl adjacent to an activating group) is 1. The highest BCUT2D eigenvalue weighted by Crippen LogP contribution is 2.36. The summed E-state index contributed by atoms with van der Waals surface area (Å²) in [4.78, 5) is 41.8. The molecule has 0 aromatic heterocycles. The fourth-order valence-electron chi connectivity index (χ4n) is 4.05. The average Bonchev–Trinajstić information content (AvgIpc) is 2.88. The summed E-state index contributed by atoms with van der Waals surface area (Å²) in [5, 5.41) is 5.20. The Bertz CT molecular complexity index is 1060. The van der Waals surface area contributed by atoms with Gasteiger partial charge in [0.25, 0.3) is 11.8 Å². The number of halogens is 1. The second-order valence-electron chi connectivity index (χ2n) is 7.56. The number of nitrogens with two attached hydrogens (primary N) is 1. The molecule has 0 bridgehead atoms. The molecule has 0 spiro atoms. The van der Waals surface area contributed by atoms with E-state index in [0.29, 0.717) is 41.7 Å². The van der Waals surface area contributed by atoms with Gasteiger partial charge in [-0.05, 0) is 35.9 Å². The lowest BCUT2D eigenvalue weighted by molar-refractivity contribution is -0.616. The van der Waals surface area contributed by atoms with Crippen LogP contribution < -0.4 is 15.4 Å². The van der Waals surface area contributed by atoms with Crippen molar-refractivity contribution in [3.8, 4) is 16.9 Å². The van der Waals surface area contributed by atoms with Gasteiger partial charge in [0.15, 0.2) is 6.54 Å². The van der Waals surface area contributed by atoms with Gasteiger partial charge in [-0.3, -0.25) is 14.4 Å². The van der Waals surface area contributed by atoms with E-state index in [1.807, 2.05) is 13.1 Å². The van der Waals surface area contributed by atoms with Crippen molar-refractivity contribution in [1.29, 1.82) is 0 Å². The number of fused-ring (bicyclic) bond motifs is 2. The molecule has 1 fully saturated rings. The number of carbonyl (C=O) groups excluding carboxylic acids is 3. The normalized spacial score (nSPS) is 18.1. The van der Waals surface area contributed by atoms with Crippen LogP contribution in [0, 0.1) is 0 Å². The Hall–Kier alpha value is -3.10. The molecule has 0 radical (unpaired) electrons. The number of methoxy groups -OCH3 is 1. The van der Waals surface area contributed by atoms with Gasteiger partial charge in [-0.1, -0.05) is 17.7 Å². The van der Waals surface area contributed by atoms with Crippen LogP contribution in [-0.4, -0.2) is 73.9 Å². The van der Waals surface area contributed by atoms with Gasteiger partial charge in [-0.25, -0.2) is 0 Å². The number of quaternary nitrogens is 1. The Morgan fingerprint density at radius 2 is 2.00 bits per heavy atom. The SMILES string of the molecule is C[NH2+]CC(=O)N1CCN2C(=O)c3cc(-c4cc(Cl)ccc4OC)ccc3NC(=O)[C@H]2C1. The third-order valence-electron chi connectivity index (χ3n) is 5.66. The molecule has 2 aliphatic heterocycles. The van der Waals surface area contributed by atoms with Crippen molar-refractivity contribution >= 4 is 35.0 Å². The topological polar surface area (TPSA) is 95.6 Å². The third kappa shape index (κ3) is 3.96. The van der Waals surface area contributed by atoms with E-state index in [-0.39, 0.29) is 24.3 Å².